The van der Waals surface area contributed by atoms with Crippen LogP contribution in [0, 0.1) is 0 Å². The Balaban J connectivity index is 1.70. The zero-order chi connectivity index (χ0) is 15.1. The van der Waals surface area contributed by atoms with Gasteiger partial charge >= 0.3 is 5.97 Å². The van der Waals surface area contributed by atoms with E-state index in [2.05, 4.69) is 9.88 Å². The van der Waals surface area contributed by atoms with E-state index in [1.807, 2.05) is 23.2 Å². The van der Waals surface area contributed by atoms with Crippen LogP contribution < -0.4 is 0 Å². The molecule has 0 saturated carbocycles. The molecule has 21 heavy (non-hydrogen) atoms. The van der Waals surface area contributed by atoms with E-state index in [0.717, 1.165) is 31.4 Å². The van der Waals surface area contributed by atoms with Gasteiger partial charge in [0.05, 0.1) is 11.5 Å². The standard InChI is InChI=1S/C14H19N3O3S/c18-13(10-21-11-14(19)20)17-6-4-16(5-7-17)9-12-2-1-3-15-8-12/h1-3,8H,4-7,9-11H2,(H,19,20). The SMILES string of the molecule is O=C(O)CSCC(=O)N1CCN(Cc2cccnc2)CC1. The fourth-order valence-corrected chi connectivity index (χ4v) is 2.86. The molecule has 1 aromatic rings. The number of rotatable bonds is 6. The third-order valence-electron chi connectivity index (χ3n) is 3.31. The molecule has 2 rings (SSSR count). The molecule has 1 aliphatic heterocycles. The van der Waals surface area contributed by atoms with Crippen molar-refractivity contribution in [2.45, 2.75) is 6.54 Å². The number of nitrogens with zero attached hydrogens (tertiary/aromatic N) is 3. The summed E-state index contributed by atoms with van der Waals surface area (Å²) in [6.07, 6.45) is 3.62. The molecule has 2 heterocycles. The molecular formula is C14H19N3O3S. The highest BCUT2D eigenvalue weighted by molar-refractivity contribution is 8.00. The van der Waals surface area contributed by atoms with Gasteiger partial charge in [-0.3, -0.25) is 19.5 Å². The monoisotopic (exact) mass is 309 g/mol. The maximum absolute atomic E-state index is 11.9. The van der Waals surface area contributed by atoms with Crippen molar-refractivity contribution in [3.63, 3.8) is 0 Å². The number of carboxylic acids is 1. The van der Waals surface area contributed by atoms with E-state index in [4.69, 9.17) is 5.11 Å². The largest absolute Gasteiger partial charge is 0.481 e. The van der Waals surface area contributed by atoms with Crippen molar-refractivity contribution < 1.29 is 14.7 Å². The van der Waals surface area contributed by atoms with Crippen LogP contribution in [0.1, 0.15) is 5.56 Å². The van der Waals surface area contributed by atoms with Gasteiger partial charge in [-0.1, -0.05) is 6.07 Å². The highest BCUT2D eigenvalue weighted by atomic mass is 32.2. The summed E-state index contributed by atoms with van der Waals surface area (Å²) in [5.41, 5.74) is 1.18. The molecule has 0 spiro atoms. The summed E-state index contributed by atoms with van der Waals surface area (Å²) in [6.45, 7) is 3.93. The Hall–Kier alpha value is -1.60. The summed E-state index contributed by atoms with van der Waals surface area (Å²) in [5.74, 6) is -0.627. The molecule has 1 saturated heterocycles. The molecule has 1 aromatic heterocycles. The first-order valence-corrected chi connectivity index (χ1v) is 7.99. The summed E-state index contributed by atoms with van der Waals surface area (Å²) < 4.78 is 0. The third-order valence-corrected chi connectivity index (χ3v) is 4.21. The average molecular weight is 309 g/mol. The Morgan fingerprint density at radius 3 is 2.62 bits per heavy atom. The number of aromatic nitrogens is 1. The zero-order valence-corrected chi connectivity index (χ0v) is 12.6. The molecule has 0 unspecified atom stereocenters. The second-order valence-corrected chi connectivity index (χ2v) is 5.89. The molecule has 1 amide bonds. The summed E-state index contributed by atoms with van der Waals surface area (Å²) in [5, 5.41) is 8.55. The molecule has 0 aromatic carbocycles. The number of carboxylic acid groups (broad SMARTS) is 1. The molecular weight excluding hydrogens is 290 g/mol. The van der Waals surface area contributed by atoms with Crippen LogP contribution in [0.3, 0.4) is 0 Å². The van der Waals surface area contributed by atoms with Gasteiger partial charge in [0.15, 0.2) is 0 Å². The molecule has 114 valence electrons. The second-order valence-electron chi connectivity index (χ2n) is 4.90. The molecule has 7 heteroatoms. The summed E-state index contributed by atoms with van der Waals surface area (Å²) in [7, 11) is 0. The number of piperazine rings is 1. The van der Waals surface area contributed by atoms with E-state index in [9.17, 15) is 9.59 Å². The second kappa shape index (κ2) is 7.99. The number of hydrogen-bond donors (Lipinski definition) is 1. The minimum Gasteiger partial charge on any atom is -0.481 e. The number of amides is 1. The summed E-state index contributed by atoms with van der Waals surface area (Å²) >= 11 is 1.15. The van der Waals surface area contributed by atoms with E-state index in [0.29, 0.717) is 13.1 Å². The number of hydrogen-bond acceptors (Lipinski definition) is 5. The Labute approximate surface area is 128 Å². The van der Waals surface area contributed by atoms with E-state index in [1.54, 1.807) is 6.20 Å². The van der Waals surface area contributed by atoms with Gasteiger partial charge in [0.1, 0.15) is 0 Å². The average Bonchev–Trinajstić information content (AvgIpc) is 2.48. The van der Waals surface area contributed by atoms with Crippen molar-refractivity contribution in [1.29, 1.82) is 0 Å². The van der Waals surface area contributed by atoms with Gasteiger partial charge < -0.3 is 10.0 Å². The number of carbonyl (C=O) groups is 2. The van der Waals surface area contributed by atoms with Gasteiger partial charge in [0.25, 0.3) is 0 Å². The molecule has 0 aliphatic carbocycles. The number of aliphatic carboxylic acids is 1. The fourth-order valence-electron chi connectivity index (χ4n) is 2.22. The lowest BCUT2D eigenvalue weighted by Crippen LogP contribution is -2.48. The van der Waals surface area contributed by atoms with Gasteiger partial charge in [-0.15, -0.1) is 11.8 Å². The number of pyridine rings is 1. The third kappa shape index (κ3) is 5.35. The van der Waals surface area contributed by atoms with Crippen molar-refractivity contribution in [2.75, 3.05) is 37.7 Å². The highest BCUT2D eigenvalue weighted by Gasteiger charge is 2.21. The van der Waals surface area contributed by atoms with Crippen LogP contribution in [-0.4, -0.2) is 69.5 Å². The Kier molecular flexibility index (Phi) is 6.01. The van der Waals surface area contributed by atoms with Crippen molar-refractivity contribution >= 4 is 23.6 Å². The van der Waals surface area contributed by atoms with Gasteiger partial charge in [-0.05, 0) is 11.6 Å². The quantitative estimate of drug-likeness (QED) is 0.827. The normalized spacial score (nSPS) is 15.9. The lowest BCUT2D eigenvalue weighted by Gasteiger charge is -2.34. The maximum atomic E-state index is 11.9. The Morgan fingerprint density at radius 2 is 2.00 bits per heavy atom. The minimum absolute atomic E-state index is 0.0211. The van der Waals surface area contributed by atoms with Gasteiger partial charge in [0.2, 0.25) is 5.91 Å². The maximum Gasteiger partial charge on any atom is 0.313 e. The topological polar surface area (TPSA) is 73.7 Å². The summed E-state index contributed by atoms with van der Waals surface area (Å²) in [6, 6.07) is 3.97. The van der Waals surface area contributed by atoms with Crippen LogP contribution in [0.4, 0.5) is 0 Å². The lowest BCUT2D eigenvalue weighted by molar-refractivity contribution is -0.133. The minimum atomic E-state index is -0.880. The van der Waals surface area contributed by atoms with Gasteiger partial charge in [0, 0.05) is 45.1 Å². The van der Waals surface area contributed by atoms with Crippen molar-refractivity contribution in [1.82, 2.24) is 14.8 Å². The number of carbonyl (C=O) groups excluding carboxylic acids is 1. The van der Waals surface area contributed by atoms with Gasteiger partial charge in [-0.25, -0.2) is 0 Å². The predicted molar refractivity (Wildman–Crippen MR) is 81.1 cm³/mol. The van der Waals surface area contributed by atoms with Gasteiger partial charge in [-0.2, -0.15) is 0 Å². The van der Waals surface area contributed by atoms with Crippen LogP contribution in [0.25, 0.3) is 0 Å². The smallest absolute Gasteiger partial charge is 0.313 e. The molecule has 1 N–H and O–H groups in total. The predicted octanol–water partition coefficient (Wildman–Crippen LogP) is 0.544. The van der Waals surface area contributed by atoms with E-state index >= 15 is 0 Å². The van der Waals surface area contributed by atoms with E-state index in [1.165, 1.54) is 5.56 Å². The van der Waals surface area contributed by atoms with Crippen LogP contribution in [0.15, 0.2) is 24.5 Å². The Bertz CT molecular complexity index is 476. The van der Waals surface area contributed by atoms with E-state index < -0.39 is 5.97 Å². The first-order chi connectivity index (χ1) is 10.1. The van der Waals surface area contributed by atoms with Crippen LogP contribution in [-0.2, 0) is 16.1 Å². The van der Waals surface area contributed by atoms with Crippen LogP contribution >= 0.6 is 11.8 Å². The van der Waals surface area contributed by atoms with Crippen molar-refractivity contribution in [3.8, 4) is 0 Å². The number of thioether (sulfide) groups is 1. The van der Waals surface area contributed by atoms with Crippen molar-refractivity contribution in [3.05, 3.63) is 30.1 Å². The van der Waals surface area contributed by atoms with Crippen LogP contribution in [0.5, 0.6) is 0 Å². The molecule has 1 fully saturated rings. The highest BCUT2D eigenvalue weighted by Crippen LogP contribution is 2.09. The first-order valence-electron chi connectivity index (χ1n) is 6.84. The molecule has 6 nitrogen and oxygen atoms in total. The fraction of sp³-hybridized carbons (Fsp3) is 0.500. The molecule has 0 bridgehead atoms. The lowest BCUT2D eigenvalue weighted by atomic mass is 10.2. The Morgan fingerprint density at radius 1 is 1.24 bits per heavy atom. The molecule has 0 atom stereocenters. The van der Waals surface area contributed by atoms with Crippen LogP contribution in [0.2, 0.25) is 0 Å². The van der Waals surface area contributed by atoms with E-state index in [-0.39, 0.29) is 17.4 Å². The summed E-state index contributed by atoms with van der Waals surface area (Å²) in [4.78, 5) is 30.6. The first kappa shape index (κ1) is 15.8. The zero-order valence-electron chi connectivity index (χ0n) is 11.8. The molecule has 0 radical (unpaired) electrons. The van der Waals surface area contributed by atoms with Crippen molar-refractivity contribution in [2.24, 2.45) is 0 Å². The molecule has 1 aliphatic rings.